The van der Waals surface area contributed by atoms with Gasteiger partial charge < -0.3 is 5.73 Å². The summed E-state index contributed by atoms with van der Waals surface area (Å²) in [7, 11) is 0. The second-order valence-corrected chi connectivity index (χ2v) is 4.99. The first-order valence-corrected chi connectivity index (χ1v) is 6.65. The molecule has 0 aliphatic rings. The molecule has 2 N–H and O–H groups in total. The lowest BCUT2D eigenvalue weighted by Gasteiger charge is -2.17. The van der Waals surface area contributed by atoms with E-state index in [1.165, 1.54) is 12.1 Å². The molecule has 5 heteroatoms. The highest BCUT2D eigenvalue weighted by molar-refractivity contribution is 6.31. The number of aromatic nitrogens is 2. The molecule has 0 bridgehead atoms. The predicted molar refractivity (Wildman–Crippen MR) is 74.7 cm³/mol. The van der Waals surface area contributed by atoms with Crippen LogP contribution in [0.3, 0.4) is 0 Å². The Kier molecular flexibility index (Phi) is 4.22. The smallest absolute Gasteiger partial charge is 0.123 e. The molecule has 2 rings (SSSR count). The second kappa shape index (κ2) is 5.72. The third kappa shape index (κ3) is 2.80. The monoisotopic (exact) mass is 281 g/mol. The van der Waals surface area contributed by atoms with E-state index in [1.54, 1.807) is 16.9 Å². The maximum absolute atomic E-state index is 13.4. The van der Waals surface area contributed by atoms with E-state index in [0.29, 0.717) is 5.02 Å². The summed E-state index contributed by atoms with van der Waals surface area (Å²) in [5.41, 5.74) is 8.66. The van der Waals surface area contributed by atoms with Crippen LogP contribution in [0.2, 0.25) is 5.02 Å². The van der Waals surface area contributed by atoms with E-state index in [-0.39, 0.29) is 5.82 Å². The molecule has 0 aliphatic heterocycles. The van der Waals surface area contributed by atoms with Gasteiger partial charge in [-0.2, -0.15) is 5.10 Å². The number of hydrogen-bond donors (Lipinski definition) is 1. The molecule has 0 spiro atoms. The Morgan fingerprint density at radius 1 is 1.47 bits per heavy atom. The third-order valence-corrected chi connectivity index (χ3v) is 3.43. The molecule has 0 saturated heterocycles. The maximum atomic E-state index is 13.4. The summed E-state index contributed by atoms with van der Waals surface area (Å²) in [4.78, 5) is 0. The lowest BCUT2D eigenvalue weighted by atomic mass is 9.99. The van der Waals surface area contributed by atoms with E-state index in [4.69, 9.17) is 17.3 Å². The van der Waals surface area contributed by atoms with Gasteiger partial charge in [-0.25, -0.2) is 4.39 Å². The van der Waals surface area contributed by atoms with Gasteiger partial charge in [0, 0.05) is 6.54 Å². The largest absolute Gasteiger partial charge is 0.319 e. The minimum absolute atomic E-state index is 0.297. The van der Waals surface area contributed by atoms with E-state index < -0.39 is 6.04 Å². The molecule has 2 aromatic rings. The van der Waals surface area contributed by atoms with Crippen LogP contribution in [0.1, 0.15) is 36.2 Å². The van der Waals surface area contributed by atoms with Gasteiger partial charge in [0.2, 0.25) is 0 Å². The number of hydrogen-bond acceptors (Lipinski definition) is 2. The minimum Gasteiger partial charge on any atom is -0.319 e. The van der Waals surface area contributed by atoms with Crippen LogP contribution in [0.5, 0.6) is 0 Å². The Bertz CT molecular complexity index is 580. The van der Waals surface area contributed by atoms with Crippen LogP contribution < -0.4 is 5.73 Å². The molecule has 0 saturated carbocycles. The Balaban J connectivity index is 2.46. The molecule has 1 atom stereocenters. The van der Waals surface area contributed by atoms with Crippen molar-refractivity contribution in [2.45, 2.75) is 32.9 Å². The van der Waals surface area contributed by atoms with Crippen molar-refractivity contribution in [3.05, 3.63) is 52.1 Å². The zero-order chi connectivity index (χ0) is 14.0. The molecule has 0 aliphatic carbocycles. The fraction of sp³-hybridized carbons (Fsp3) is 0.357. The summed E-state index contributed by atoms with van der Waals surface area (Å²) in [6, 6.07) is 4.13. The predicted octanol–water partition coefficient (Wildman–Crippen LogP) is 3.44. The van der Waals surface area contributed by atoms with Crippen molar-refractivity contribution in [3.63, 3.8) is 0 Å². The van der Waals surface area contributed by atoms with Crippen LogP contribution >= 0.6 is 11.6 Å². The first-order valence-electron chi connectivity index (χ1n) is 6.27. The number of benzene rings is 1. The maximum Gasteiger partial charge on any atom is 0.123 e. The van der Waals surface area contributed by atoms with Crippen molar-refractivity contribution >= 4 is 11.6 Å². The molecule has 102 valence electrons. The van der Waals surface area contributed by atoms with Gasteiger partial charge in [-0.3, -0.25) is 4.68 Å². The number of nitrogens with two attached hydrogens (primary N) is 1. The van der Waals surface area contributed by atoms with Crippen LogP contribution in [0.4, 0.5) is 4.39 Å². The molecule has 0 amide bonds. The number of halogens is 2. The van der Waals surface area contributed by atoms with Gasteiger partial charge in [0.1, 0.15) is 5.82 Å². The minimum atomic E-state index is -0.475. The average molecular weight is 282 g/mol. The van der Waals surface area contributed by atoms with Crippen molar-refractivity contribution in [2.75, 3.05) is 0 Å². The van der Waals surface area contributed by atoms with Crippen molar-refractivity contribution in [1.82, 2.24) is 9.78 Å². The highest BCUT2D eigenvalue weighted by Crippen LogP contribution is 2.28. The molecule has 1 heterocycles. The molecule has 0 radical (unpaired) electrons. The number of aryl methyl sites for hydroxylation is 2. The average Bonchev–Trinajstić information content (AvgIpc) is 2.73. The Morgan fingerprint density at radius 2 is 2.21 bits per heavy atom. The van der Waals surface area contributed by atoms with E-state index in [0.717, 1.165) is 29.8 Å². The standard InChI is InChI=1S/C14H17ClFN3/c1-3-6-19-14(12(15)8-18-19)13(17)11-7-10(16)5-4-9(11)2/h4-5,7-8,13H,3,6,17H2,1-2H3. The molecule has 1 aromatic carbocycles. The SMILES string of the molecule is CCCn1ncc(Cl)c1C(N)c1cc(F)ccc1C. The van der Waals surface area contributed by atoms with E-state index in [9.17, 15) is 4.39 Å². The molecule has 1 unspecified atom stereocenters. The lowest BCUT2D eigenvalue weighted by molar-refractivity contribution is 0.557. The lowest BCUT2D eigenvalue weighted by Crippen LogP contribution is -2.19. The molecule has 1 aromatic heterocycles. The van der Waals surface area contributed by atoms with E-state index in [2.05, 4.69) is 12.0 Å². The number of nitrogens with zero attached hydrogens (tertiary/aromatic N) is 2. The first kappa shape index (κ1) is 14.0. The van der Waals surface area contributed by atoms with Crippen molar-refractivity contribution < 1.29 is 4.39 Å². The van der Waals surface area contributed by atoms with Crippen LogP contribution in [-0.2, 0) is 6.54 Å². The second-order valence-electron chi connectivity index (χ2n) is 4.58. The van der Waals surface area contributed by atoms with Crippen molar-refractivity contribution in [2.24, 2.45) is 5.73 Å². The van der Waals surface area contributed by atoms with Gasteiger partial charge in [0.05, 0.1) is 23.0 Å². The Hall–Kier alpha value is -1.39. The van der Waals surface area contributed by atoms with Crippen LogP contribution in [0.25, 0.3) is 0 Å². The zero-order valence-electron chi connectivity index (χ0n) is 11.0. The van der Waals surface area contributed by atoms with E-state index in [1.807, 2.05) is 6.92 Å². The summed E-state index contributed by atoms with van der Waals surface area (Å²) in [5, 5.41) is 4.73. The fourth-order valence-corrected chi connectivity index (χ4v) is 2.42. The highest BCUT2D eigenvalue weighted by atomic mass is 35.5. The van der Waals surface area contributed by atoms with Crippen molar-refractivity contribution in [1.29, 1.82) is 0 Å². The highest BCUT2D eigenvalue weighted by Gasteiger charge is 2.20. The van der Waals surface area contributed by atoms with Crippen LogP contribution in [0.15, 0.2) is 24.4 Å². The van der Waals surface area contributed by atoms with Gasteiger partial charge in [0.25, 0.3) is 0 Å². The summed E-state index contributed by atoms with van der Waals surface area (Å²) < 4.78 is 15.2. The normalized spacial score (nSPS) is 12.7. The van der Waals surface area contributed by atoms with Gasteiger partial charge in [-0.1, -0.05) is 24.6 Å². The van der Waals surface area contributed by atoms with Gasteiger partial charge >= 0.3 is 0 Å². The summed E-state index contributed by atoms with van der Waals surface area (Å²) in [6.45, 7) is 4.70. The van der Waals surface area contributed by atoms with Crippen LogP contribution in [0, 0.1) is 12.7 Å². The molecular weight excluding hydrogens is 265 g/mol. The molecular formula is C14H17ClFN3. The quantitative estimate of drug-likeness (QED) is 0.933. The summed E-state index contributed by atoms with van der Waals surface area (Å²) >= 11 is 6.16. The van der Waals surface area contributed by atoms with Gasteiger partial charge in [-0.05, 0) is 36.6 Å². The summed E-state index contributed by atoms with van der Waals surface area (Å²) in [5.74, 6) is -0.297. The Morgan fingerprint density at radius 3 is 2.89 bits per heavy atom. The number of rotatable bonds is 4. The zero-order valence-corrected chi connectivity index (χ0v) is 11.8. The first-order chi connectivity index (χ1) is 9.04. The fourth-order valence-electron chi connectivity index (χ4n) is 2.16. The van der Waals surface area contributed by atoms with Gasteiger partial charge in [-0.15, -0.1) is 0 Å². The van der Waals surface area contributed by atoms with Gasteiger partial charge in [0.15, 0.2) is 0 Å². The topological polar surface area (TPSA) is 43.8 Å². The summed E-state index contributed by atoms with van der Waals surface area (Å²) in [6.07, 6.45) is 2.51. The molecule has 0 fully saturated rings. The van der Waals surface area contributed by atoms with Crippen LogP contribution in [-0.4, -0.2) is 9.78 Å². The van der Waals surface area contributed by atoms with Crippen molar-refractivity contribution in [3.8, 4) is 0 Å². The molecule has 19 heavy (non-hydrogen) atoms. The third-order valence-electron chi connectivity index (χ3n) is 3.14. The van der Waals surface area contributed by atoms with E-state index >= 15 is 0 Å². The Labute approximate surface area is 117 Å². The molecule has 3 nitrogen and oxygen atoms in total.